The van der Waals surface area contributed by atoms with Gasteiger partial charge in [0, 0.05) is 56.0 Å². The van der Waals surface area contributed by atoms with Crippen LogP contribution < -0.4 is 15.0 Å². The Hall–Kier alpha value is -2.86. The third-order valence-electron chi connectivity index (χ3n) is 5.56. The number of likely N-dealkylation sites (N-methyl/N-ethyl adjacent to an activating group) is 1. The van der Waals surface area contributed by atoms with Gasteiger partial charge in [-0.2, -0.15) is 0 Å². The largest absolute Gasteiger partial charge is 0.494 e. The van der Waals surface area contributed by atoms with Crippen molar-refractivity contribution in [1.29, 1.82) is 0 Å². The molecule has 0 unspecified atom stereocenters. The fraction of sp³-hybridized carbons (Fsp3) is 0.440. The molecule has 1 saturated heterocycles. The Labute approximate surface area is 185 Å². The Balaban J connectivity index is 1.43. The van der Waals surface area contributed by atoms with Crippen LogP contribution in [0.25, 0.3) is 0 Å². The lowest BCUT2D eigenvalue weighted by Gasteiger charge is -2.35. The van der Waals surface area contributed by atoms with E-state index >= 15 is 0 Å². The molecule has 1 heterocycles. The normalized spacial score (nSPS) is 14.3. The second-order valence-corrected chi connectivity index (χ2v) is 7.81. The number of hydrogen-bond donors (Lipinski definition) is 1. The van der Waals surface area contributed by atoms with Gasteiger partial charge in [-0.05, 0) is 61.5 Å². The van der Waals surface area contributed by atoms with Gasteiger partial charge in [-0.15, -0.1) is 0 Å². The van der Waals surface area contributed by atoms with Crippen LogP contribution in [-0.2, 0) is 4.79 Å². The van der Waals surface area contributed by atoms with Gasteiger partial charge in [-0.1, -0.05) is 13.8 Å². The zero-order valence-corrected chi connectivity index (χ0v) is 18.6. The maximum atomic E-state index is 12.4. The Morgan fingerprint density at radius 1 is 0.903 bits per heavy atom. The first-order chi connectivity index (χ1) is 15.1. The number of benzene rings is 2. The van der Waals surface area contributed by atoms with E-state index in [4.69, 9.17) is 4.74 Å². The molecule has 1 N–H and O–H groups in total. The second-order valence-electron chi connectivity index (χ2n) is 7.81. The van der Waals surface area contributed by atoms with Gasteiger partial charge in [0.1, 0.15) is 5.75 Å². The average molecular weight is 424 g/mol. The molecule has 0 bridgehead atoms. The van der Waals surface area contributed by atoms with Crippen LogP contribution in [-0.4, -0.2) is 55.9 Å². The summed E-state index contributed by atoms with van der Waals surface area (Å²) in [5.74, 6) is 0.561. The molecule has 0 aliphatic carbocycles. The fourth-order valence-electron chi connectivity index (χ4n) is 3.63. The number of piperazine rings is 1. The van der Waals surface area contributed by atoms with Crippen LogP contribution in [0.3, 0.4) is 0 Å². The van der Waals surface area contributed by atoms with E-state index in [1.807, 2.05) is 31.2 Å². The summed E-state index contributed by atoms with van der Waals surface area (Å²) in [7, 11) is 0. The Kier molecular flexibility index (Phi) is 8.47. The number of amides is 1. The number of carbonyl (C=O) groups is 2. The number of hydrogen-bond acceptors (Lipinski definition) is 5. The zero-order chi connectivity index (χ0) is 22.1. The predicted octanol–water partition coefficient (Wildman–Crippen LogP) is 4.22. The van der Waals surface area contributed by atoms with Gasteiger partial charge in [-0.25, -0.2) is 0 Å². The Bertz CT molecular complexity index is 841. The van der Waals surface area contributed by atoms with Crippen molar-refractivity contribution >= 4 is 23.1 Å². The lowest BCUT2D eigenvalue weighted by atomic mass is 10.1. The molecule has 31 heavy (non-hydrogen) atoms. The molecule has 0 spiro atoms. The summed E-state index contributed by atoms with van der Waals surface area (Å²) in [6, 6.07) is 15.1. The predicted molar refractivity (Wildman–Crippen MR) is 125 cm³/mol. The number of nitrogens with one attached hydrogen (secondary N) is 1. The van der Waals surface area contributed by atoms with Crippen molar-refractivity contribution in [2.45, 2.75) is 33.1 Å². The molecular formula is C25H33N3O3. The SMILES string of the molecule is CCCOc1ccc(C(=O)CCC(=O)Nc2ccc(N3CCN(CC)CC3)cc2)cc1. The fourth-order valence-corrected chi connectivity index (χ4v) is 3.63. The maximum Gasteiger partial charge on any atom is 0.224 e. The number of ether oxygens (including phenoxy) is 1. The summed E-state index contributed by atoms with van der Waals surface area (Å²) in [4.78, 5) is 29.5. The molecule has 1 amide bonds. The van der Waals surface area contributed by atoms with Crippen molar-refractivity contribution in [3.05, 3.63) is 54.1 Å². The van der Waals surface area contributed by atoms with Gasteiger partial charge < -0.3 is 19.9 Å². The van der Waals surface area contributed by atoms with Gasteiger partial charge in [0.15, 0.2) is 5.78 Å². The molecule has 0 radical (unpaired) electrons. The molecule has 2 aromatic carbocycles. The van der Waals surface area contributed by atoms with E-state index in [9.17, 15) is 9.59 Å². The van der Waals surface area contributed by atoms with Gasteiger partial charge in [-0.3, -0.25) is 9.59 Å². The molecule has 1 aliphatic rings. The highest BCUT2D eigenvalue weighted by molar-refractivity contribution is 6.00. The maximum absolute atomic E-state index is 12.4. The molecule has 3 rings (SSSR count). The molecule has 2 aromatic rings. The number of carbonyl (C=O) groups excluding carboxylic acids is 2. The number of anilines is 2. The first-order valence-corrected chi connectivity index (χ1v) is 11.2. The standard InChI is InChI=1S/C25H33N3O3/c1-3-19-31-23-11-5-20(6-12-23)24(29)13-14-25(30)26-21-7-9-22(10-8-21)28-17-15-27(4-2)16-18-28/h5-12H,3-4,13-19H2,1-2H3,(H,26,30). The van der Waals surface area contributed by atoms with Crippen LogP contribution in [0.2, 0.25) is 0 Å². The summed E-state index contributed by atoms with van der Waals surface area (Å²) in [6.45, 7) is 10.2. The highest BCUT2D eigenvalue weighted by Gasteiger charge is 2.16. The molecule has 0 atom stereocenters. The van der Waals surface area contributed by atoms with Gasteiger partial charge in [0.05, 0.1) is 6.61 Å². The van der Waals surface area contributed by atoms with Crippen molar-refractivity contribution < 1.29 is 14.3 Å². The molecule has 6 heteroatoms. The van der Waals surface area contributed by atoms with Crippen LogP contribution in [0, 0.1) is 0 Å². The van der Waals surface area contributed by atoms with E-state index in [1.165, 1.54) is 5.69 Å². The van der Waals surface area contributed by atoms with Crippen molar-refractivity contribution in [2.75, 3.05) is 49.5 Å². The average Bonchev–Trinajstić information content (AvgIpc) is 2.82. The van der Waals surface area contributed by atoms with Crippen LogP contribution in [0.1, 0.15) is 43.5 Å². The molecule has 0 aromatic heterocycles. The minimum absolute atomic E-state index is 0.0428. The van der Waals surface area contributed by atoms with Crippen molar-refractivity contribution in [3.63, 3.8) is 0 Å². The van der Waals surface area contributed by atoms with E-state index in [0.717, 1.165) is 50.6 Å². The van der Waals surface area contributed by atoms with Crippen LogP contribution in [0.15, 0.2) is 48.5 Å². The van der Waals surface area contributed by atoms with E-state index in [2.05, 4.69) is 22.0 Å². The number of ketones is 1. The van der Waals surface area contributed by atoms with Crippen molar-refractivity contribution in [2.24, 2.45) is 0 Å². The topological polar surface area (TPSA) is 61.9 Å². The van der Waals surface area contributed by atoms with E-state index in [1.54, 1.807) is 24.3 Å². The monoisotopic (exact) mass is 423 g/mol. The van der Waals surface area contributed by atoms with Crippen molar-refractivity contribution in [1.82, 2.24) is 4.90 Å². The highest BCUT2D eigenvalue weighted by Crippen LogP contribution is 2.20. The van der Waals surface area contributed by atoms with E-state index < -0.39 is 0 Å². The molecule has 1 aliphatic heterocycles. The van der Waals surface area contributed by atoms with Gasteiger partial charge in [0.25, 0.3) is 0 Å². The van der Waals surface area contributed by atoms with E-state index in [0.29, 0.717) is 12.2 Å². The molecule has 6 nitrogen and oxygen atoms in total. The lowest BCUT2D eigenvalue weighted by Crippen LogP contribution is -2.46. The van der Waals surface area contributed by atoms with Crippen LogP contribution in [0.5, 0.6) is 5.75 Å². The second kappa shape index (κ2) is 11.5. The van der Waals surface area contributed by atoms with Crippen molar-refractivity contribution in [3.8, 4) is 5.75 Å². The van der Waals surface area contributed by atoms with E-state index in [-0.39, 0.29) is 24.5 Å². The third-order valence-corrected chi connectivity index (χ3v) is 5.56. The minimum Gasteiger partial charge on any atom is -0.494 e. The lowest BCUT2D eigenvalue weighted by molar-refractivity contribution is -0.116. The molecule has 0 saturated carbocycles. The molecular weight excluding hydrogens is 390 g/mol. The minimum atomic E-state index is -0.152. The van der Waals surface area contributed by atoms with Gasteiger partial charge in [0.2, 0.25) is 5.91 Å². The third kappa shape index (κ3) is 6.82. The Morgan fingerprint density at radius 3 is 2.19 bits per heavy atom. The first kappa shape index (κ1) is 22.8. The number of rotatable bonds is 10. The summed E-state index contributed by atoms with van der Waals surface area (Å²) in [5.41, 5.74) is 2.53. The Morgan fingerprint density at radius 2 is 1.58 bits per heavy atom. The summed E-state index contributed by atoms with van der Waals surface area (Å²) in [5, 5.41) is 2.89. The smallest absolute Gasteiger partial charge is 0.224 e. The number of Topliss-reactive ketones (excluding diaryl/α,β-unsaturated/α-hetero) is 1. The van der Waals surface area contributed by atoms with Gasteiger partial charge >= 0.3 is 0 Å². The molecule has 1 fully saturated rings. The summed E-state index contributed by atoms with van der Waals surface area (Å²) >= 11 is 0. The molecule has 166 valence electrons. The highest BCUT2D eigenvalue weighted by atomic mass is 16.5. The zero-order valence-electron chi connectivity index (χ0n) is 18.6. The first-order valence-electron chi connectivity index (χ1n) is 11.2. The summed E-state index contributed by atoms with van der Waals surface area (Å²) < 4.78 is 5.53. The summed E-state index contributed by atoms with van der Waals surface area (Å²) in [6.07, 6.45) is 1.28. The van der Waals surface area contributed by atoms with Crippen LogP contribution in [0.4, 0.5) is 11.4 Å². The quantitative estimate of drug-likeness (QED) is 0.580. The van der Waals surface area contributed by atoms with Crippen LogP contribution >= 0.6 is 0 Å². The number of nitrogens with zero attached hydrogens (tertiary/aromatic N) is 2.